The van der Waals surface area contributed by atoms with Crippen LogP contribution in [0, 0.1) is 32.1 Å². The van der Waals surface area contributed by atoms with Gasteiger partial charge in [0.05, 0.1) is 4.90 Å². The lowest BCUT2D eigenvalue weighted by Crippen LogP contribution is -2.11. The molecule has 0 aliphatic carbocycles. The summed E-state index contributed by atoms with van der Waals surface area (Å²) in [6, 6.07) is 22.3. The van der Waals surface area contributed by atoms with Crippen molar-refractivity contribution >= 4 is 27.3 Å². The van der Waals surface area contributed by atoms with Gasteiger partial charge >= 0.3 is 0 Å². The van der Waals surface area contributed by atoms with E-state index < -0.39 is 9.84 Å². The van der Waals surface area contributed by atoms with E-state index in [0.29, 0.717) is 10.8 Å². The van der Waals surface area contributed by atoms with Gasteiger partial charge in [-0.2, -0.15) is 5.26 Å². The summed E-state index contributed by atoms with van der Waals surface area (Å²) in [5, 5.41) is 13.7. The van der Waals surface area contributed by atoms with E-state index in [1.807, 2.05) is 51.1 Å². The third kappa shape index (κ3) is 5.68. The second kappa shape index (κ2) is 10.7. The standard InChI is InChI=1S/C27H28N2O2S2/c1-5-22-11-9-10-20(3)26(22)29-27(32-18-23-15-14-19(2)16-21(23)4)25(17-28)33(30,31)24-12-7-6-8-13-24/h6-16,29H,5,18H2,1-4H3/b27-25+. The Morgan fingerprint density at radius 2 is 1.67 bits per heavy atom. The number of thioether (sulfide) groups is 1. The van der Waals surface area contributed by atoms with E-state index in [-0.39, 0.29) is 9.80 Å². The van der Waals surface area contributed by atoms with Crippen LogP contribution in [0.4, 0.5) is 5.69 Å². The topological polar surface area (TPSA) is 70.0 Å². The molecule has 4 nitrogen and oxygen atoms in total. The van der Waals surface area contributed by atoms with Crippen LogP contribution in [0.25, 0.3) is 0 Å². The average molecular weight is 477 g/mol. The predicted octanol–water partition coefficient (Wildman–Crippen LogP) is 6.69. The quantitative estimate of drug-likeness (QED) is 0.367. The maximum atomic E-state index is 13.4. The minimum Gasteiger partial charge on any atom is -0.348 e. The lowest BCUT2D eigenvalue weighted by atomic mass is 10.1. The van der Waals surface area contributed by atoms with Gasteiger partial charge in [-0.1, -0.05) is 67.1 Å². The van der Waals surface area contributed by atoms with Crippen LogP contribution in [0.2, 0.25) is 0 Å². The van der Waals surface area contributed by atoms with E-state index in [2.05, 4.69) is 24.4 Å². The molecule has 0 amide bonds. The van der Waals surface area contributed by atoms with Gasteiger partial charge in [0.25, 0.3) is 0 Å². The molecule has 0 unspecified atom stereocenters. The zero-order chi connectivity index (χ0) is 24.0. The first-order valence-electron chi connectivity index (χ1n) is 10.8. The van der Waals surface area contributed by atoms with Gasteiger partial charge in [-0.25, -0.2) is 8.42 Å². The maximum Gasteiger partial charge on any atom is 0.219 e. The van der Waals surface area contributed by atoms with Crippen molar-refractivity contribution < 1.29 is 8.42 Å². The van der Waals surface area contributed by atoms with E-state index in [1.165, 1.54) is 29.5 Å². The van der Waals surface area contributed by atoms with E-state index in [4.69, 9.17) is 0 Å². The SMILES string of the molecule is CCc1cccc(C)c1N/C(SCc1ccc(C)cc1C)=C(/C#N)S(=O)(=O)c1ccccc1. The molecule has 0 fully saturated rings. The minimum absolute atomic E-state index is 0.105. The molecule has 0 heterocycles. The summed E-state index contributed by atoms with van der Waals surface area (Å²) in [6.07, 6.45) is 0.784. The highest BCUT2D eigenvalue weighted by Gasteiger charge is 2.26. The molecule has 33 heavy (non-hydrogen) atoms. The molecule has 0 aromatic heterocycles. The molecule has 3 aromatic rings. The molecule has 1 N–H and O–H groups in total. The van der Waals surface area contributed by atoms with Crippen LogP contribution in [0.1, 0.15) is 34.7 Å². The normalized spacial score (nSPS) is 12.1. The van der Waals surface area contributed by atoms with Gasteiger partial charge in [-0.3, -0.25) is 0 Å². The number of hydrogen-bond acceptors (Lipinski definition) is 5. The van der Waals surface area contributed by atoms with Crippen LogP contribution in [-0.2, 0) is 22.0 Å². The number of anilines is 1. The zero-order valence-corrected chi connectivity index (χ0v) is 21.0. The molecule has 3 rings (SSSR count). The fraction of sp³-hybridized carbons (Fsp3) is 0.222. The first-order chi connectivity index (χ1) is 15.8. The number of hydrogen-bond donors (Lipinski definition) is 1. The summed E-state index contributed by atoms with van der Waals surface area (Å²) < 4.78 is 26.8. The number of sulfone groups is 1. The van der Waals surface area contributed by atoms with E-state index in [9.17, 15) is 13.7 Å². The van der Waals surface area contributed by atoms with Gasteiger partial charge in [0.15, 0.2) is 4.91 Å². The third-order valence-electron chi connectivity index (χ3n) is 5.48. The van der Waals surface area contributed by atoms with Crippen LogP contribution < -0.4 is 5.32 Å². The molecule has 0 radical (unpaired) electrons. The zero-order valence-electron chi connectivity index (χ0n) is 19.3. The van der Waals surface area contributed by atoms with Crippen molar-refractivity contribution in [3.8, 4) is 6.07 Å². The number of benzene rings is 3. The van der Waals surface area contributed by atoms with Crippen molar-refractivity contribution in [1.29, 1.82) is 5.26 Å². The molecular formula is C27H28N2O2S2. The predicted molar refractivity (Wildman–Crippen MR) is 138 cm³/mol. The number of nitrogens with zero attached hydrogens (tertiary/aromatic N) is 1. The highest BCUT2D eigenvalue weighted by atomic mass is 32.2. The number of rotatable bonds is 8. The largest absolute Gasteiger partial charge is 0.348 e. The summed E-state index contributed by atoms with van der Waals surface area (Å²) in [5.74, 6) is 0.539. The summed E-state index contributed by atoms with van der Waals surface area (Å²) in [5.41, 5.74) is 6.31. The third-order valence-corrected chi connectivity index (χ3v) is 8.38. The lowest BCUT2D eigenvalue weighted by molar-refractivity contribution is 0.603. The monoisotopic (exact) mass is 476 g/mol. The molecule has 0 saturated heterocycles. The fourth-order valence-electron chi connectivity index (χ4n) is 3.58. The van der Waals surface area contributed by atoms with Gasteiger partial charge in [0.2, 0.25) is 9.84 Å². The molecule has 3 aromatic carbocycles. The van der Waals surface area contributed by atoms with Gasteiger partial charge in [-0.05, 0) is 61.6 Å². The van der Waals surface area contributed by atoms with Crippen LogP contribution in [0.3, 0.4) is 0 Å². The number of allylic oxidation sites excluding steroid dienone is 1. The second-order valence-corrected chi connectivity index (χ2v) is 10.8. The van der Waals surface area contributed by atoms with Gasteiger partial charge in [0, 0.05) is 11.4 Å². The summed E-state index contributed by atoms with van der Waals surface area (Å²) in [4.78, 5) is -0.165. The van der Waals surface area contributed by atoms with Gasteiger partial charge in [-0.15, -0.1) is 11.8 Å². The van der Waals surface area contributed by atoms with Gasteiger partial charge < -0.3 is 5.32 Å². The Balaban J connectivity index is 2.12. The van der Waals surface area contributed by atoms with Crippen molar-refractivity contribution in [2.75, 3.05) is 5.32 Å². The van der Waals surface area contributed by atoms with Crippen molar-refractivity contribution in [2.45, 2.75) is 44.8 Å². The molecule has 0 saturated carbocycles. The summed E-state index contributed by atoms with van der Waals surface area (Å²) >= 11 is 1.34. The number of aryl methyl sites for hydroxylation is 4. The van der Waals surface area contributed by atoms with Crippen molar-refractivity contribution in [2.24, 2.45) is 0 Å². The Morgan fingerprint density at radius 1 is 0.939 bits per heavy atom. The number of nitriles is 1. The highest BCUT2D eigenvalue weighted by molar-refractivity contribution is 8.04. The molecule has 170 valence electrons. The van der Waals surface area contributed by atoms with E-state index >= 15 is 0 Å². The van der Waals surface area contributed by atoms with Gasteiger partial charge in [0.1, 0.15) is 11.1 Å². The smallest absolute Gasteiger partial charge is 0.219 e. The Hall–Kier alpha value is -3.01. The van der Waals surface area contributed by atoms with Crippen LogP contribution in [0.5, 0.6) is 0 Å². The van der Waals surface area contributed by atoms with Crippen molar-refractivity contribution in [1.82, 2.24) is 0 Å². The number of nitrogens with one attached hydrogen (secondary N) is 1. The molecule has 6 heteroatoms. The Kier molecular flexibility index (Phi) is 8.01. The van der Waals surface area contributed by atoms with Crippen molar-refractivity contribution in [3.05, 3.63) is 104 Å². The molecule has 0 bridgehead atoms. The van der Waals surface area contributed by atoms with E-state index in [0.717, 1.165) is 34.4 Å². The minimum atomic E-state index is -3.99. The summed E-state index contributed by atoms with van der Waals surface area (Å²) in [7, 11) is -3.99. The maximum absolute atomic E-state index is 13.4. The Labute approximate surface area is 201 Å². The van der Waals surface area contributed by atoms with Crippen LogP contribution >= 0.6 is 11.8 Å². The Bertz CT molecular complexity index is 1320. The summed E-state index contributed by atoms with van der Waals surface area (Å²) in [6.45, 7) is 8.12. The van der Waals surface area contributed by atoms with Crippen LogP contribution in [-0.4, -0.2) is 8.42 Å². The molecule has 0 aliphatic heterocycles. The second-order valence-electron chi connectivity index (χ2n) is 7.89. The molecule has 0 atom stereocenters. The van der Waals surface area contributed by atoms with Crippen molar-refractivity contribution in [3.63, 3.8) is 0 Å². The molecular weight excluding hydrogens is 448 g/mol. The fourth-order valence-corrected chi connectivity index (χ4v) is 6.23. The van der Waals surface area contributed by atoms with Crippen LogP contribution in [0.15, 0.2) is 81.6 Å². The Morgan fingerprint density at radius 3 is 2.30 bits per heavy atom. The lowest BCUT2D eigenvalue weighted by Gasteiger charge is -2.18. The molecule has 0 aliphatic rings. The van der Waals surface area contributed by atoms with E-state index in [1.54, 1.807) is 18.2 Å². The highest BCUT2D eigenvalue weighted by Crippen LogP contribution is 2.34. The first-order valence-corrected chi connectivity index (χ1v) is 13.2. The first kappa shape index (κ1) is 24.6. The molecule has 0 spiro atoms. The number of para-hydroxylation sites is 1. The average Bonchev–Trinajstić information content (AvgIpc) is 2.80.